The van der Waals surface area contributed by atoms with Gasteiger partial charge < -0.3 is 4.90 Å². The molecule has 0 N–H and O–H groups in total. The number of likely N-dealkylation sites (N-methyl/N-ethyl adjacent to an activating group) is 1. The van der Waals surface area contributed by atoms with Crippen LogP contribution < -0.4 is 0 Å². The third-order valence-corrected chi connectivity index (χ3v) is 5.77. The summed E-state index contributed by atoms with van der Waals surface area (Å²) in [6.07, 6.45) is 2.84. The molecule has 4 heterocycles. The van der Waals surface area contributed by atoms with E-state index >= 15 is 0 Å². The maximum atomic E-state index is 4.86. The van der Waals surface area contributed by atoms with Crippen molar-refractivity contribution in [2.24, 2.45) is 0 Å². The van der Waals surface area contributed by atoms with Gasteiger partial charge in [0.25, 0.3) is 0 Å². The fourth-order valence-electron chi connectivity index (χ4n) is 3.43. The Balaban J connectivity index is 1.76. The number of nitrogens with zero attached hydrogens (tertiary/aromatic N) is 5. The van der Waals surface area contributed by atoms with Gasteiger partial charge in [0, 0.05) is 23.5 Å². The fourth-order valence-corrected chi connectivity index (χ4v) is 4.69. The predicted molar refractivity (Wildman–Crippen MR) is 96.4 cm³/mol. The lowest BCUT2D eigenvalue weighted by Gasteiger charge is -2.21. The van der Waals surface area contributed by atoms with Crippen molar-refractivity contribution in [3.05, 3.63) is 46.6 Å². The molecule has 24 heavy (non-hydrogen) atoms. The molecule has 0 unspecified atom stereocenters. The summed E-state index contributed by atoms with van der Waals surface area (Å²) in [4.78, 5) is 14.3. The van der Waals surface area contributed by atoms with Gasteiger partial charge in [0.15, 0.2) is 11.5 Å². The van der Waals surface area contributed by atoms with Crippen molar-refractivity contribution in [2.75, 3.05) is 13.6 Å². The first-order chi connectivity index (χ1) is 11.7. The molecule has 120 valence electrons. The minimum absolute atomic E-state index is 0.765. The summed E-state index contributed by atoms with van der Waals surface area (Å²) in [7, 11) is 2.17. The quantitative estimate of drug-likeness (QED) is 0.535. The third-order valence-electron chi connectivity index (χ3n) is 4.64. The maximum Gasteiger partial charge on any atom is 0.182 e. The van der Waals surface area contributed by atoms with Crippen LogP contribution in [0.1, 0.15) is 16.0 Å². The number of thiophene rings is 1. The van der Waals surface area contributed by atoms with E-state index in [-0.39, 0.29) is 0 Å². The predicted octanol–water partition coefficient (Wildman–Crippen LogP) is 3.30. The monoisotopic (exact) mass is 335 g/mol. The zero-order chi connectivity index (χ0) is 16.3. The van der Waals surface area contributed by atoms with Crippen LogP contribution in [0.2, 0.25) is 0 Å². The van der Waals surface area contributed by atoms with Crippen molar-refractivity contribution in [3.63, 3.8) is 0 Å². The van der Waals surface area contributed by atoms with Crippen LogP contribution in [0.5, 0.6) is 0 Å². The summed E-state index contributed by atoms with van der Waals surface area (Å²) in [5.74, 6) is 0.765. The van der Waals surface area contributed by atoms with Gasteiger partial charge >= 0.3 is 0 Å². The lowest BCUT2D eigenvalue weighted by molar-refractivity contribution is 0.318. The van der Waals surface area contributed by atoms with Crippen LogP contribution >= 0.6 is 11.3 Å². The normalized spacial score (nSPS) is 15.2. The van der Waals surface area contributed by atoms with E-state index in [4.69, 9.17) is 4.98 Å². The first-order valence-corrected chi connectivity index (χ1v) is 8.92. The molecule has 0 atom stereocenters. The second-order valence-electron chi connectivity index (χ2n) is 6.49. The summed E-state index contributed by atoms with van der Waals surface area (Å²) in [6, 6.07) is 8.32. The van der Waals surface area contributed by atoms with Crippen molar-refractivity contribution in [1.29, 1.82) is 0 Å². The van der Waals surface area contributed by atoms with Gasteiger partial charge in [0.2, 0.25) is 0 Å². The summed E-state index contributed by atoms with van der Waals surface area (Å²) in [5.41, 5.74) is 4.61. The van der Waals surface area contributed by atoms with E-state index in [1.165, 1.54) is 21.4 Å². The molecule has 0 spiro atoms. The smallest absolute Gasteiger partial charge is 0.182 e. The highest BCUT2D eigenvalue weighted by Gasteiger charge is 2.22. The molecule has 5 rings (SSSR count). The molecular formula is C18H17N5S. The SMILES string of the molecule is Cc1cccc(-c2nc3c4c5c(sc4ncn3n2)CN(C)CC5)c1. The molecule has 3 aromatic heterocycles. The molecule has 5 nitrogen and oxygen atoms in total. The van der Waals surface area contributed by atoms with Crippen LogP contribution in [0.3, 0.4) is 0 Å². The van der Waals surface area contributed by atoms with Crippen LogP contribution in [0.4, 0.5) is 0 Å². The van der Waals surface area contributed by atoms with Gasteiger partial charge in [0.1, 0.15) is 11.2 Å². The van der Waals surface area contributed by atoms with Crippen molar-refractivity contribution < 1.29 is 0 Å². The minimum Gasteiger partial charge on any atom is -0.301 e. The van der Waals surface area contributed by atoms with Gasteiger partial charge in [-0.05, 0) is 32.0 Å². The van der Waals surface area contributed by atoms with Crippen LogP contribution in [-0.2, 0) is 13.0 Å². The highest BCUT2D eigenvalue weighted by molar-refractivity contribution is 7.19. The van der Waals surface area contributed by atoms with Gasteiger partial charge in [-0.15, -0.1) is 16.4 Å². The van der Waals surface area contributed by atoms with E-state index in [1.807, 2.05) is 10.6 Å². The standard InChI is InChI=1S/C18H17N5S/c1-11-4-3-5-12(8-11)16-20-17-15-13-6-7-22(2)9-14(13)24-18(15)19-10-23(17)21-16/h3-5,8,10H,6-7,9H2,1-2H3. The number of aromatic nitrogens is 4. The molecule has 1 aliphatic rings. The number of hydrogen-bond donors (Lipinski definition) is 0. The number of fused-ring (bicyclic) bond motifs is 5. The van der Waals surface area contributed by atoms with E-state index < -0.39 is 0 Å². The summed E-state index contributed by atoms with van der Waals surface area (Å²) >= 11 is 1.79. The van der Waals surface area contributed by atoms with Crippen molar-refractivity contribution in [1.82, 2.24) is 24.5 Å². The Morgan fingerprint density at radius 3 is 3.04 bits per heavy atom. The molecule has 0 bridgehead atoms. The lowest BCUT2D eigenvalue weighted by Crippen LogP contribution is -2.25. The molecule has 0 aliphatic carbocycles. The topological polar surface area (TPSA) is 46.3 Å². The first kappa shape index (κ1) is 14.1. The second-order valence-corrected chi connectivity index (χ2v) is 7.57. The largest absolute Gasteiger partial charge is 0.301 e. The maximum absolute atomic E-state index is 4.86. The molecule has 0 saturated carbocycles. The fraction of sp³-hybridized carbons (Fsp3) is 0.278. The van der Waals surface area contributed by atoms with Crippen molar-refractivity contribution >= 4 is 27.2 Å². The van der Waals surface area contributed by atoms with Crippen LogP contribution in [0, 0.1) is 6.92 Å². The molecule has 6 heteroatoms. The average molecular weight is 335 g/mol. The van der Waals surface area contributed by atoms with Gasteiger partial charge in [-0.3, -0.25) is 0 Å². The minimum atomic E-state index is 0.765. The zero-order valence-electron chi connectivity index (χ0n) is 13.7. The van der Waals surface area contributed by atoms with Gasteiger partial charge in [0.05, 0.1) is 5.39 Å². The highest BCUT2D eigenvalue weighted by Crippen LogP contribution is 2.36. The molecule has 4 aromatic rings. The Kier molecular flexibility index (Phi) is 2.98. The number of aryl methyl sites for hydroxylation is 1. The molecule has 0 fully saturated rings. The third kappa shape index (κ3) is 2.07. The van der Waals surface area contributed by atoms with E-state index in [2.05, 4.69) is 47.2 Å². The number of benzene rings is 1. The lowest BCUT2D eigenvalue weighted by atomic mass is 10.1. The highest BCUT2D eigenvalue weighted by atomic mass is 32.1. The summed E-state index contributed by atoms with van der Waals surface area (Å²) in [6.45, 7) is 4.17. The van der Waals surface area contributed by atoms with Crippen LogP contribution in [0.25, 0.3) is 27.3 Å². The zero-order valence-corrected chi connectivity index (χ0v) is 14.5. The summed E-state index contributed by atoms with van der Waals surface area (Å²) < 4.78 is 1.82. The Morgan fingerprint density at radius 2 is 2.17 bits per heavy atom. The molecular weight excluding hydrogens is 318 g/mol. The molecule has 1 aliphatic heterocycles. The van der Waals surface area contributed by atoms with Gasteiger partial charge in [-0.25, -0.2) is 14.5 Å². The number of hydrogen-bond acceptors (Lipinski definition) is 5. The van der Waals surface area contributed by atoms with Gasteiger partial charge in [-0.1, -0.05) is 23.8 Å². The summed E-state index contributed by atoms with van der Waals surface area (Å²) in [5, 5.41) is 5.85. The van der Waals surface area contributed by atoms with E-state index in [0.29, 0.717) is 0 Å². The van der Waals surface area contributed by atoms with Crippen molar-refractivity contribution in [2.45, 2.75) is 19.9 Å². The molecule has 0 amide bonds. The molecule has 0 saturated heterocycles. The average Bonchev–Trinajstić information content (AvgIpc) is 3.14. The molecule has 1 aromatic carbocycles. The Labute approximate surface area is 143 Å². The Bertz CT molecular complexity index is 1080. The van der Waals surface area contributed by atoms with E-state index in [1.54, 1.807) is 17.7 Å². The Morgan fingerprint density at radius 1 is 1.25 bits per heavy atom. The number of rotatable bonds is 1. The van der Waals surface area contributed by atoms with Crippen LogP contribution in [0.15, 0.2) is 30.6 Å². The van der Waals surface area contributed by atoms with Gasteiger partial charge in [-0.2, -0.15) is 0 Å². The van der Waals surface area contributed by atoms with E-state index in [9.17, 15) is 0 Å². The molecule has 0 radical (unpaired) electrons. The van der Waals surface area contributed by atoms with E-state index in [0.717, 1.165) is 41.4 Å². The Hall–Kier alpha value is -2.31. The second kappa shape index (κ2) is 5.09. The van der Waals surface area contributed by atoms with Crippen LogP contribution in [-0.4, -0.2) is 38.1 Å². The van der Waals surface area contributed by atoms with Crippen molar-refractivity contribution in [3.8, 4) is 11.4 Å². The first-order valence-electron chi connectivity index (χ1n) is 8.10.